The minimum atomic E-state index is -1.07. The molecule has 2 aliphatic carbocycles. The van der Waals surface area contributed by atoms with Gasteiger partial charge in [-0.3, -0.25) is 14.5 Å². The fraction of sp³-hybridized carbons (Fsp3) is 0.400. The molecule has 1 aromatic heterocycles. The van der Waals surface area contributed by atoms with Crippen molar-refractivity contribution in [2.75, 3.05) is 31.6 Å². The molecule has 2 fully saturated rings. The second kappa shape index (κ2) is 10.6. The third-order valence-corrected chi connectivity index (χ3v) is 10.4. The van der Waals surface area contributed by atoms with Crippen LogP contribution in [0, 0.1) is 11.6 Å². The number of carbonyl (C=O) groups excluding carboxylic acids is 2. The Morgan fingerprint density at radius 1 is 1.00 bits per heavy atom. The molecule has 7 rings (SSSR count). The Labute approximate surface area is 255 Å². The number of aromatic nitrogens is 1. The lowest BCUT2D eigenvalue weighted by Gasteiger charge is -2.56. The number of anilines is 1. The number of pyridine rings is 1. The fourth-order valence-corrected chi connectivity index (χ4v) is 8.19. The van der Waals surface area contributed by atoms with Crippen molar-refractivity contribution < 1.29 is 22.8 Å². The minimum Gasteiger partial charge on any atom is -0.327 e. The van der Waals surface area contributed by atoms with E-state index in [2.05, 4.69) is 22.4 Å². The highest BCUT2D eigenvalue weighted by molar-refractivity contribution is 6.06. The Morgan fingerprint density at radius 3 is 2.50 bits per heavy atom. The Kier molecular flexibility index (Phi) is 6.92. The summed E-state index contributed by atoms with van der Waals surface area (Å²) >= 11 is 0. The maximum atomic E-state index is 14.5. The van der Waals surface area contributed by atoms with Crippen LogP contribution in [0.1, 0.15) is 60.4 Å². The zero-order valence-corrected chi connectivity index (χ0v) is 24.7. The number of halogens is 3. The van der Waals surface area contributed by atoms with Gasteiger partial charge in [0.1, 0.15) is 29.7 Å². The highest BCUT2D eigenvalue weighted by Gasteiger charge is 2.57. The number of carbonyl (C=O) groups is 2. The molecule has 3 aromatic rings. The van der Waals surface area contributed by atoms with Crippen molar-refractivity contribution in [3.63, 3.8) is 0 Å². The van der Waals surface area contributed by atoms with Crippen LogP contribution in [0.4, 0.5) is 19.0 Å². The molecule has 2 spiro atoms. The van der Waals surface area contributed by atoms with Gasteiger partial charge in [-0.25, -0.2) is 18.2 Å². The Morgan fingerprint density at radius 2 is 1.75 bits per heavy atom. The van der Waals surface area contributed by atoms with E-state index in [1.165, 1.54) is 12.1 Å². The highest BCUT2D eigenvalue weighted by atomic mass is 19.1. The first-order valence-corrected chi connectivity index (χ1v) is 15.3. The molecule has 2 atom stereocenters. The van der Waals surface area contributed by atoms with Crippen LogP contribution in [0.15, 0.2) is 60.8 Å². The number of nitrogens with zero attached hydrogens (tertiary/aromatic N) is 3. The molecule has 2 aromatic carbocycles. The van der Waals surface area contributed by atoms with Crippen LogP contribution >= 0.6 is 0 Å². The number of benzene rings is 2. The van der Waals surface area contributed by atoms with E-state index in [-0.39, 0.29) is 31.4 Å². The average molecular weight is 601 g/mol. The first-order chi connectivity index (χ1) is 21.2. The van der Waals surface area contributed by atoms with Gasteiger partial charge in [-0.05, 0) is 73.1 Å². The Hall–Kier alpha value is -3.98. The fourth-order valence-electron chi connectivity index (χ4n) is 8.19. The summed E-state index contributed by atoms with van der Waals surface area (Å²) in [5.41, 5.74) is 1.89. The maximum Gasteiger partial charge on any atom is 0.244 e. The lowest BCUT2D eigenvalue weighted by Crippen LogP contribution is -2.71. The van der Waals surface area contributed by atoms with Crippen LogP contribution in [0.2, 0.25) is 0 Å². The van der Waals surface area contributed by atoms with Gasteiger partial charge in [-0.15, -0.1) is 0 Å². The van der Waals surface area contributed by atoms with E-state index in [9.17, 15) is 22.8 Å². The molecule has 4 aliphatic rings. The van der Waals surface area contributed by atoms with E-state index in [4.69, 9.17) is 0 Å². The molecule has 6 nitrogen and oxygen atoms in total. The molecule has 0 radical (unpaired) electrons. The van der Waals surface area contributed by atoms with Crippen LogP contribution in [0.5, 0.6) is 0 Å². The van der Waals surface area contributed by atoms with E-state index >= 15 is 0 Å². The first kappa shape index (κ1) is 28.8. The molecule has 1 saturated carbocycles. The number of piperazine rings is 1. The standard InChI is InChI=1S/C35H35F3N4O2/c1-33(26-17-27(37)19-28(38)18-26)22-41(15-12-36)35(10-2-3-11-35)32(44)42(33)14-5-6-23-8-9-24-20-34(21-25(24)16-23)29-7-4-13-39-30(29)40-31(34)43/h4-9,13,16-19H,2-3,10-12,14-15,20-22H2,1H3,(H,39,40,43)/t33-,34+/m0/s1. The first-order valence-electron chi connectivity index (χ1n) is 15.3. The molecule has 3 heterocycles. The van der Waals surface area contributed by atoms with Gasteiger partial charge in [0.2, 0.25) is 11.8 Å². The molecule has 1 N–H and O–H groups in total. The smallest absolute Gasteiger partial charge is 0.244 e. The summed E-state index contributed by atoms with van der Waals surface area (Å²) in [5, 5.41) is 2.94. The third-order valence-electron chi connectivity index (χ3n) is 10.4. The van der Waals surface area contributed by atoms with Gasteiger partial charge in [0.05, 0.1) is 11.0 Å². The summed E-state index contributed by atoms with van der Waals surface area (Å²) in [6.07, 6.45) is 9.75. The predicted octanol–water partition coefficient (Wildman–Crippen LogP) is 5.70. The van der Waals surface area contributed by atoms with Crippen LogP contribution in [0.25, 0.3) is 6.08 Å². The molecule has 1 saturated heterocycles. The van der Waals surface area contributed by atoms with Crippen LogP contribution in [-0.4, -0.2) is 58.4 Å². The quantitative estimate of drug-likeness (QED) is 0.394. The molecule has 44 heavy (non-hydrogen) atoms. The zero-order valence-electron chi connectivity index (χ0n) is 24.7. The summed E-state index contributed by atoms with van der Waals surface area (Å²) in [6.45, 7) is 1.80. The third kappa shape index (κ3) is 4.38. The van der Waals surface area contributed by atoms with Crippen molar-refractivity contribution in [1.82, 2.24) is 14.8 Å². The molecule has 228 valence electrons. The molecular weight excluding hydrogens is 565 g/mol. The molecule has 2 amide bonds. The van der Waals surface area contributed by atoms with Gasteiger partial charge in [0.25, 0.3) is 0 Å². The van der Waals surface area contributed by atoms with E-state index in [0.29, 0.717) is 37.1 Å². The second-order valence-corrected chi connectivity index (χ2v) is 12.9. The van der Waals surface area contributed by atoms with E-state index < -0.39 is 34.8 Å². The zero-order chi connectivity index (χ0) is 30.7. The number of nitrogens with one attached hydrogen (secondary N) is 1. The van der Waals surface area contributed by atoms with Crippen LogP contribution in [-0.2, 0) is 33.4 Å². The normalized spacial score (nSPS) is 25.8. The molecule has 9 heteroatoms. The van der Waals surface area contributed by atoms with Gasteiger partial charge < -0.3 is 10.2 Å². The Balaban J connectivity index is 1.18. The SMILES string of the molecule is C[C@@]1(c2cc(F)cc(F)c2)CN(CCF)C2(CCCC2)C(=O)N1CC=Cc1ccc2c(c1)C[C@@]1(C2)C(=O)Nc2ncccc21. The number of rotatable bonds is 6. The van der Waals surface area contributed by atoms with Crippen molar-refractivity contribution in [2.24, 2.45) is 0 Å². The molecule has 0 unspecified atom stereocenters. The Bertz CT molecular complexity index is 1670. The number of hydrogen-bond acceptors (Lipinski definition) is 4. The summed E-state index contributed by atoms with van der Waals surface area (Å²) in [6, 6.07) is 13.3. The largest absolute Gasteiger partial charge is 0.327 e. The second-order valence-electron chi connectivity index (χ2n) is 12.9. The van der Waals surface area contributed by atoms with Gasteiger partial charge in [0, 0.05) is 37.5 Å². The van der Waals surface area contributed by atoms with E-state index in [1.54, 1.807) is 11.1 Å². The number of hydrogen-bond donors (Lipinski definition) is 1. The summed E-state index contributed by atoms with van der Waals surface area (Å²) in [5.74, 6) is -0.955. The van der Waals surface area contributed by atoms with Crippen molar-refractivity contribution in [3.05, 3.63) is 100 Å². The van der Waals surface area contributed by atoms with Crippen LogP contribution in [0.3, 0.4) is 0 Å². The number of alkyl halides is 1. The van der Waals surface area contributed by atoms with Gasteiger partial charge in [-0.1, -0.05) is 49.3 Å². The van der Waals surface area contributed by atoms with Crippen molar-refractivity contribution in [1.29, 1.82) is 0 Å². The lowest BCUT2D eigenvalue weighted by atomic mass is 9.79. The van der Waals surface area contributed by atoms with Gasteiger partial charge in [0.15, 0.2) is 0 Å². The summed E-state index contributed by atoms with van der Waals surface area (Å²) < 4.78 is 42.7. The number of fused-ring (bicyclic) bond motifs is 3. The van der Waals surface area contributed by atoms with Gasteiger partial charge in [-0.2, -0.15) is 0 Å². The minimum absolute atomic E-state index is 0.0289. The average Bonchev–Trinajstić information content (AvgIpc) is 3.70. The summed E-state index contributed by atoms with van der Waals surface area (Å²) in [7, 11) is 0. The molecule has 0 bridgehead atoms. The lowest BCUT2D eigenvalue weighted by molar-refractivity contribution is -0.164. The number of amides is 2. The van der Waals surface area contributed by atoms with E-state index in [1.807, 2.05) is 42.2 Å². The van der Waals surface area contributed by atoms with Crippen molar-refractivity contribution >= 4 is 23.7 Å². The monoisotopic (exact) mass is 600 g/mol. The highest BCUT2D eigenvalue weighted by Crippen LogP contribution is 2.48. The summed E-state index contributed by atoms with van der Waals surface area (Å²) in [4.78, 5) is 35.5. The van der Waals surface area contributed by atoms with Crippen molar-refractivity contribution in [2.45, 2.75) is 61.9 Å². The molecular formula is C35H35F3N4O2. The molecule has 2 aliphatic heterocycles. The predicted molar refractivity (Wildman–Crippen MR) is 162 cm³/mol. The van der Waals surface area contributed by atoms with Crippen LogP contribution < -0.4 is 5.32 Å². The van der Waals surface area contributed by atoms with Crippen molar-refractivity contribution in [3.8, 4) is 0 Å². The maximum absolute atomic E-state index is 14.5. The van der Waals surface area contributed by atoms with E-state index in [0.717, 1.165) is 41.2 Å². The topological polar surface area (TPSA) is 65.5 Å². The van der Waals surface area contributed by atoms with Gasteiger partial charge >= 0.3 is 0 Å².